The van der Waals surface area contributed by atoms with E-state index in [2.05, 4.69) is 5.32 Å². The minimum Gasteiger partial charge on any atom is -0.493 e. The lowest BCUT2D eigenvalue weighted by molar-refractivity contribution is 0.129. The van der Waals surface area contributed by atoms with Crippen LogP contribution in [0.25, 0.3) is 0 Å². The number of nitrogen functional groups attached to an aromatic ring is 1. The number of benzene rings is 1. The molecule has 0 aliphatic rings. The van der Waals surface area contributed by atoms with E-state index in [1.165, 1.54) is 0 Å². The maximum atomic E-state index is 5.91. The van der Waals surface area contributed by atoms with Gasteiger partial charge in [-0.1, -0.05) is 0 Å². The van der Waals surface area contributed by atoms with Crippen LogP contribution in [0.1, 0.15) is 6.92 Å². The topological polar surface area (TPSA) is 65.7 Å². The van der Waals surface area contributed by atoms with E-state index in [4.69, 9.17) is 19.9 Å². The van der Waals surface area contributed by atoms with Crippen molar-refractivity contribution in [2.45, 2.75) is 13.0 Å². The molecule has 96 valence electrons. The number of rotatable bonds is 6. The van der Waals surface area contributed by atoms with Crippen LogP contribution in [0.2, 0.25) is 0 Å². The van der Waals surface area contributed by atoms with E-state index in [0.29, 0.717) is 23.7 Å². The number of anilines is 2. The van der Waals surface area contributed by atoms with Crippen LogP contribution in [0.3, 0.4) is 0 Å². The van der Waals surface area contributed by atoms with Crippen LogP contribution in [0, 0.1) is 0 Å². The first-order valence-corrected chi connectivity index (χ1v) is 5.40. The highest BCUT2D eigenvalue weighted by Gasteiger charge is 2.09. The Hall–Kier alpha value is -1.62. The summed E-state index contributed by atoms with van der Waals surface area (Å²) >= 11 is 0. The smallest absolute Gasteiger partial charge is 0.162 e. The van der Waals surface area contributed by atoms with E-state index in [-0.39, 0.29) is 6.10 Å². The van der Waals surface area contributed by atoms with Crippen molar-refractivity contribution in [2.75, 3.05) is 38.9 Å². The standard InChI is InChI=1S/C12H20N2O3/c1-8(15-2)7-14-10-6-12(17-4)11(16-3)5-9(10)13/h5-6,8,14H,7,13H2,1-4H3. The third-order valence-electron chi connectivity index (χ3n) is 2.54. The van der Waals surface area contributed by atoms with Crippen molar-refractivity contribution in [1.29, 1.82) is 0 Å². The van der Waals surface area contributed by atoms with Gasteiger partial charge in [0.2, 0.25) is 0 Å². The highest BCUT2D eigenvalue weighted by molar-refractivity contribution is 5.72. The molecular weight excluding hydrogens is 220 g/mol. The molecule has 0 saturated heterocycles. The molecule has 1 rings (SSSR count). The molecule has 0 fully saturated rings. The zero-order chi connectivity index (χ0) is 12.8. The van der Waals surface area contributed by atoms with Gasteiger partial charge in [-0.2, -0.15) is 0 Å². The van der Waals surface area contributed by atoms with E-state index < -0.39 is 0 Å². The quantitative estimate of drug-likeness (QED) is 0.741. The first-order valence-electron chi connectivity index (χ1n) is 5.40. The molecule has 1 aromatic rings. The van der Waals surface area contributed by atoms with Gasteiger partial charge in [0.25, 0.3) is 0 Å². The zero-order valence-electron chi connectivity index (χ0n) is 10.7. The molecular formula is C12H20N2O3. The van der Waals surface area contributed by atoms with Crippen LogP contribution in [-0.2, 0) is 4.74 Å². The molecule has 0 bridgehead atoms. The Morgan fingerprint density at radius 3 is 2.29 bits per heavy atom. The summed E-state index contributed by atoms with van der Waals surface area (Å²) < 4.78 is 15.5. The lowest BCUT2D eigenvalue weighted by atomic mass is 10.2. The molecule has 0 saturated carbocycles. The Kier molecular flexibility index (Phi) is 4.90. The first kappa shape index (κ1) is 13.4. The van der Waals surface area contributed by atoms with Gasteiger partial charge in [-0.15, -0.1) is 0 Å². The lowest BCUT2D eigenvalue weighted by Gasteiger charge is -2.16. The summed E-state index contributed by atoms with van der Waals surface area (Å²) in [6.07, 6.45) is 0.113. The normalized spacial score (nSPS) is 12.0. The van der Waals surface area contributed by atoms with Crippen molar-refractivity contribution in [3.8, 4) is 11.5 Å². The minimum absolute atomic E-state index is 0.113. The summed E-state index contributed by atoms with van der Waals surface area (Å²) in [4.78, 5) is 0. The van der Waals surface area contributed by atoms with Crippen molar-refractivity contribution in [1.82, 2.24) is 0 Å². The molecule has 0 spiro atoms. The summed E-state index contributed by atoms with van der Waals surface area (Å²) in [6.45, 7) is 2.65. The summed E-state index contributed by atoms with van der Waals surface area (Å²) in [5.41, 5.74) is 7.34. The number of hydrogen-bond donors (Lipinski definition) is 2. The van der Waals surface area contributed by atoms with Gasteiger partial charge in [0.15, 0.2) is 11.5 Å². The predicted molar refractivity (Wildman–Crippen MR) is 68.9 cm³/mol. The highest BCUT2D eigenvalue weighted by Crippen LogP contribution is 2.34. The van der Waals surface area contributed by atoms with Gasteiger partial charge in [-0.25, -0.2) is 0 Å². The van der Waals surface area contributed by atoms with Crippen LogP contribution < -0.4 is 20.5 Å². The Labute approximate surface area is 102 Å². The average Bonchev–Trinajstić information content (AvgIpc) is 2.36. The van der Waals surface area contributed by atoms with Gasteiger partial charge >= 0.3 is 0 Å². The van der Waals surface area contributed by atoms with E-state index >= 15 is 0 Å². The van der Waals surface area contributed by atoms with Gasteiger partial charge in [0.1, 0.15) is 0 Å². The fourth-order valence-electron chi connectivity index (χ4n) is 1.38. The Balaban J connectivity index is 2.85. The van der Waals surface area contributed by atoms with Crippen molar-refractivity contribution < 1.29 is 14.2 Å². The molecule has 3 N–H and O–H groups in total. The van der Waals surface area contributed by atoms with Crippen LogP contribution in [0.15, 0.2) is 12.1 Å². The molecule has 0 heterocycles. The number of nitrogens with one attached hydrogen (secondary N) is 1. The van der Waals surface area contributed by atoms with Gasteiger partial charge < -0.3 is 25.3 Å². The lowest BCUT2D eigenvalue weighted by Crippen LogP contribution is -2.18. The Morgan fingerprint density at radius 2 is 1.76 bits per heavy atom. The number of ether oxygens (including phenoxy) is 3. The first-order chi connectivity index (χ1) is 8.12. The Bertz CT molecular complexity index is 369. The molecule has 1 atom stereocenters. The van der Waals surface area contributed by atoms with E-state index in [1.54, 1.807) is 27.4 Å². The van der Waals surface area contributed by atoms with Crippen LogP contribution in [-0.4, -0.2) is 34.0 Å². The Morgan fingerprint density at radius 1 is 1.18 bits per heavy atom. The second kappa shape index (κ2) is 6.20. The zero-order valence-corrected chi connectivity index (χ0v) is 10.7. The molecule has 0 aliphatic heterocycles. The van der Waals surface area contributed by atoms with Gasteiger partial charge in [0.05, 0.1) is 31.7 Å². The largest absolute Gasteiger partial charge is 0.493 e. The van der Waals surface area contributed by atoms with Crippen molar-refractivity contribution in [3.63, 3.8) is 0 Å². The molecule has 5 nitrogen and oxygen atoms in total. The predicted octanol–water partition coefficient (Wildman–Crippen LogP) is 1.73. The third-order valence-corrected chi connectivity index (χ3v) is 2.54. The monoisotopic (exact) mass is 240 g/mol. The van der Waals surface area contributed by atoms with Crippen LogP contribution >= 0.6 is 0 Å². The maximum absolute atomic E-state index is 5.91. The second-order valence-corrected chi connectivity index (χ2v) is 3.72. The maximum Gasteiger partial charge on any atom is 0.162 e. The molecule has 1 unspecified atom stereocenters. The number of methoxy groups -OCH3 is 3. The van der Waals surface area contributed by atoms with E-state index in [1.807, 2.05) is 13.0 Å². The summed E-state index contributed by atoms with van der Waals surface area (Å²) in [5.74, 6) is 1.27. The molecule has 1 aromatic carbocycles. The van der Waals surface area contributed by atoms with E-state index in [9.17, 15) is 0 Å². The molecule has 0 aliphatic carbocycles. The van der Waals surface area contributed by atoms with Crippen molar-refractivity contribution in [2.24, 2.45) is 0 Å². The average molecular weight is 240 g/mol. The third kappa shape index (κ3) is 3.42. The molecule has 17 heavy (non-hydrogen) atoms. The minimum atomic E-state index is 0.113. The van der Waals surface area contributed by atoms with Crippen LogP contribution in [0.4, 0.5) is 11.4 Å². The highest BCUT2D eigenvalue weighted by atomic mass is 16.5. The fraction of sp³-hybridized carbons (Fsp3) is 0.500. The summed E-state index contributed by atoms with van der Waals surface area (Å²) in [5, 5.41) is 3.20. The van der Waals surface area contributed by atoms with Gasteiger partial charge in [-0.05, 0) is 6.92 Å². The van der Waals surface area contributed by atoms with Gasteiger partial charge in [0, 0.05) is 25.8 Å². The molecule has 0 aromatic heterocycles. The molecule has 5 heteroatoms. The SMILES string of the molecule is COc1cc(N)c(NCC(C)OC)cc1OC. The number of nitrogens with two attached hydrogens (primary N) is 1. The number of hydrogen-bond acceptors (Lipinski definition) is 5. The van der Waals surface area contributed by atoms with E-state index in [0.717, 1.165) is 5.69 Å². The van der Waals surface area contributed by atoms with Crippen LogP contribution in [0.5, 0.6) is 11.5 Å². The van der Waals surface area contributed by atoms with Crippen molar-refractivity contribution >= 4 is 11.4 Å². The summed E-state index contributed by atoms with van der Waals surface area (Å²) in [6, 6.07) is 3.55. The van der Waals surface area contributed by atoms with Gasteiger partial charge in [-0.3, -0.25) is 0 Å². The summed E-state index contributed by atoms with van der Waals surface area (Å²) in [7, 11) is 4.84. The van der Waals surface area contributed by atoms with Crippen molar-refractivity contribution in [3.05, 3.63) is 12.1 Å². The second-order valence-electron chi connectivity index (χ2n) is 3.72. The molecule has 0 radical (unpaired) electrons. The molecule has 0 amide bonds. The fourth-order valence-corrected chi connectivity index (χ4v) is 1.38.